The van der Waals surface area contributed by atoms with Crippen LogP contribution in [0.4, 0.5) is 0 Å². The predicted molar refractivity (Wildman–Crippen MR) is 69.7 cm³/mol. The van der Waals surface area contributed by atoms with E-state index in [0.717, 1.165) is 37.9 Å². The maximum absolute atomic E-state index is 11.9. The molecule has 3 nitrogen and oxygen atoms in total. The van der Waals surface area contributed by atoms with Crippen LogP contribution in [0, 0.1) is 5.92 Å². The van der Waals surface area contributed by atoms with E-state index in [1.165, 1.54) is 0 Å². The SMILES string of the molecule is CC1CNCCC1NC(=O)CC1=CCCC=C1. The fourth-order valence-electron chi connectivity index (χ4n) is 2.47. The van der Waals surface area contributed by atoms with E-state index in [2.05, 4.69) is 35.8 Å². The summed E-state index contributed by atoms with van der Waals surface area (Å²) in [6, 6.07) is 0.344. The molecule has 3 heteroatoms. The summed E-state index contributed by atoms with van der Waals surface area (Å²) < 4.78 is 0. The van der Waals surface area contributed by atoms with Gasteiger partial charge in [0, 0.05) is 6.04 Å². The summed E-state index contributed by atoms with van der Waals surface area (Å²) in [5.41, 5.74) is 1.16. The Morgan fingerprint density at radius 2 is 2.41 bits per heavy atom. The van der Waals surface area contributed by atoms with Crippen LogP contribution in [0.3, 0.4) is 0 Å². The third-order valence-corrected chi connectivity index (χ3v) is 3.57. The molecule has 2 unspecified atom stereocenters. The van der Waals surface area contributed by atoms with Crippen molar-refractivity contribution >= 4 is 5.91 Å². The summed E-state index contributed by atoms with van der Waals surface area (Å²) >= 11 is 0. The number of hydrogen-bond donors (Lipinski definition) is 2. The minimum absolute atomic E-state index is 0.168. The molecular weight excluding hydrogens is 212 g/mol. The summed E-state index contributed by atoms with van der Waals surface area (Å²) in [5, 5.41) is 6.51. The molecule has 0 radical (unpaired) electrons. The van der Waals surface area contributed by atoms with Crippen LogP contribution in [0.2, 0.25) is 0 Å². The Bertz CT molecular complexity index is 333. The Labute approximate surface area is 103 Å². The van der Waals surface area contributed by atoms with E-state index in [4.69, 9.17) is 0 Å². The lowest BCUT2D eigenvalue weighted by atomic mass is 9.95. The lowest BCUT2D eigenvalue weighted by Crippen LogP contribution is -2.48. The summed E-state index contributed by atoms with van der Waals surface area (Å²) in [5.74, 6) is 0.699. The summed E-state index contributed by atoms with van der Waals surface area (Å²) in [6.45, 7) is 4.21. The highest BCUT2D eigenvalue weighted by Crippen LogP contribution is 2.14. The van der Waals surface area contributed by atoms with Crippen molar-refractivity contribution < 1.29 is 4.79 Å². The van der Waals surface area contributed by atoms with Gasteiger partial charge in [-0.25, -0.2) is 0 Å². The Hall–Kier alpha value is -1.09. The van der Waals surface area contributed by atoms with Gasteiger partial charge in [-0.15, -0.1) is 0 Å². The molecule has 94 valence electrons. The van der Waals surface area contributed by atoms with Gasteiger partial charge in [-0.1, -0.05) is 25.2 Å². The second kappa shape index (κ2) is 6.01. The van der Waals surface area contributed by atoms with Crippen molar-refractivity contribution in [3.8, 4) is 0 Å². The van der Waals surface area contributed by atoms with Gasteiger partial charge in [0.2, 0.25) is 5.91 Å². The zero-order valence-electron chi connectivity index (χ0n) is 10.5. The lowest BCUT2D eigenvalue weighted by molar-refractivity contribution is -0.121. The first-order chi connectivity index (χ1) is 8.25. The number of hydrogen-bond acceptors (Lipinski definition) is 2. The van der Waals surface area contributed by atoms with Crippen LogP contribution in [-0.4, -0.2) is 25.0 Å². The topological polar surface area (TPSA) is 41.1 Å². The molecular formula is C14H22N2O. The number of allylic oxidation sites excluding steroid dienone is 3. The van der Waals surface area contributed by atoms with Gasteiger partial charge in [0.25, 0.3) is 0 Å². The first-order valence-corrected chi connectivity index (χ1v) is 6.61. The lowest BCUT2D eigenvalue weighted by Gasteiger charge is -2.30. The predicted octanol–water partition coefficient (Wildman–Crippen LogP) is 1.77. The fourth-order valence-corrected chi connectivity index (χ4v) is 2.47. The molecule has 0 aromatic heterocycles. The maximum Gasteiger partial charge on any atom is 0.224 e. The Morgan fingerprint density at radius 3 is 3.12 bits per heavy atom. The van der Waals surface area contributed by atoms with Gasteiger partial charge in [0.15, 0.2) is 0 Å². The van der Waals surface area contributed by atoms with Crippen LogP contribution in [0.15, 0.2) is 23.8 Å². The second-order valence-electron chi connectivity index (χ2n) is 5.08. The highest BCUT2D eigenvalue weighted by atomic mass is 16.1. The first kappa shape index (κ1) is 12.4. The van der Waals surface area contributed by atoms with Crippen LogP contribution in [-0.2, 0) is 4.79 Å². The van der Waals surface area contributed by atoms with E-state index >= 15 is 0 Å². The second-order valence-corrected chi connectivity index (χ2v) is 5.08. The van der Waals surface area contributed by atoms with Crippen molar-refractivity contribution in [3.63, 3.8) is 0 Å². The van der Waals surface area contributed by atoms with Crippen molar-refractivity contribution in [3.05, 3.63) is 23.8 Å². The molecule has 1 saturated heterocycles. The molecule has 1 aliphatic carbocycles. The van der Waals surface area contributed by atoms with Crippen LogP contribution < -0.4 is 10.6 Å². The number of amides is 1. The zero-order valence-corrected chi connectivity index (χ0v) is 10.5. The maximum atomic E-state index is 11.9. The molecule has 0 aromatic rings. The average molecular weight is 234 g/mol. The summed E-state index contributed by atoms with van der Waals surface area (Å²) in [7, 11) is 0. The minimum atomic E-state index is 0.168. The largest absolute Gasteiger partial charge is 0.353 e. The third-order valence-electron chi connectivity index (χ3n) is 3.57. The van der Waals surface area contributed by atoms with Gasteiger partial charge in [-0.2, -0.15) is 0 Å². The van der Waals surface area contributed by atoms with E-state index in [-0.39, 0.29) is 5.91 Å². The summed E-state index contributed by atoms with van der Waals surface area (Å²) in [4.78, 5) is 11.9. The first-order valence-electron chi connectivity index (χ1n) is 6.61. The molecule has 2 rings (SSSR count). The average Bonchev–Trinajstić information content (AvgIpc) is 2.33. The van der Waals surface area contributed by atoms with Gasteiger partial charge in [-0.3, -0.25) is 4.79 Å². The highest BCUT2D eigenvalue weighted by Gasteiger charge is 2.22. The van der Waals surface area contributed by atoms with Crippen LogP contribution >= 0.6 is 0 Å². The standard InChI is InChI=1S/C14H22N2O/c1-11-10-15-8-7-13(11)16-14(17)9-12-5-3-2-4-6-12/h3,5-6,11,13,15H,2,4,7-10H2,1H3,(H,16,17). The smallest absolute Gasteiger partial charge is 0.224 e. The molecule has 1 amide bonds. The minimum Gasteiger partial charge on any atom is -0.353 e. The highest BCUT2D eigenvalue weighted by molar-refractivity contribution is 5.79. The van der Waals surface area contributed by atoms with Gasteiger partial charge < -0.3 is 10.6 Å². The molecule has 2 aliphatic rings. The quantitative estimate of drug-likeness (QED) is 0.781. The summed E-state index contributed by atoms with van der Waals surface area (Å²) in [6.07, 6.45) is 10.2. The van der Waals surface area contributed by atoms with E-state index in [0.29, 0.717) is 18.4 Å². The van der Waals surface area contributed by atoms with Crippen molar-refractivity contribution in [1.82, 2.24) is 10.6 Å². The normalized spacial score (nSPS) is 28.6. The van der Waals surface area contributed by atoms with Crippen LogP contribution in [0.1, 0.15) is 32.6 Å². The number of piperidine rings is 1. The molecule has 1 fully saturated rings. The third kappa shape index (κ3) is 3.70. The molecule has 0 bridgehead atoms. The van der Waals surface area contributed by atoms with Gasteiger partial charge in [0.05, 0.1) is 6.42 Å². The fraction of sp³-hybridized carbons (Fsp3) is 0.643. The number of carbonyl (C=O) groups is 1. The molecule has 17 heavy (non-hydrogen) atoms. The van der Waals surface area contributed by atoms with E-state index in [1.807, 2.05) is 0 Å². The van der Waals surface area contributed by atoms with Crippen LogP contribution in [0.25, 0.3) is 0 Å². The van der Waals surface area contributed by atoms with Gasteiger partial charge in [-0.05, 0) is 43.8 Å². The molecule has 2 N–H and O–H groups in total. The van der Waals surface area contributed by atoms with Crippen molar-refractivity contribution in [2.24, 2.45) is 5.92 Å². The van der Waals surface area contributed by atoms with Crippen molar-refractivity contribution in [1.29, 1.82) is 0 Å². The Balaban J connectivity index is 1.80. The van der Waals surface area contributed by atoms with Gasteiger partial charge >= 0.3 is 0 Å². The van der Waals surface area contributed by atoms with Crippen molar-refractivity contribution in [2.75, 3.05) is 13.1 Å². The van der Waals surface area contributed by atoms with Crippen LogP contribution in [0.5, 0.6) is 0 Å². The van der Waals surface area contributed by atoms with Gasteiger partial charge in [0.1, 0.15) is 0 Å². The molecule has 1 heterocycles. The number of carbonyl (C=O) groups excluding carboxylic acids is 1. The van der Waals surface area contributed by atoms with E-state index < -0.39 is 0 Å². The van der Waals surface area contributed by atoms with E-state index in [1.54, 1.807) is 0 Å². The molecule has 2 atom stereocenters. The number of nitrogens with one attached hydrogen (secondary N) is 2. The molecule has 1 aliphatic heterocycles. The zero-order chi connectivity index (χ0) is 12.1. The molecule has 0 spiro atoms. The molecule has 0 aromatic carbocycles. The monoisotopic (exact) mass is 234 g/mol. The Morgan fingerprint density at radius 1 is 1.53 bits per heavy atom. The van der Waals surface area contributed by atoms with Crippen molar-refractivity contribution in [2.45, 2.75) is 38.6 Å². The Kier molecular flexibility index (Phi) is 4.37. The number of rotatable bonds is 3. The molecule has 0 saturated carbocycles. The van der Waals surface area contributed by atoms with E-state index in [9.17, 15) is 4.79 Å².